The Morgan fingerprint density at radius 3 is 2.18 bits per heavy atom. The van der Waals surface area contributed by atoms with Gasteiger partial charge >= 0.3 is 0 Å². The molecule has 0 fully saturated rings. The molecule has 1 N–H and O–H groups in total. The van der Waals surface area contributed by atoms with Crippen molar-refractivity contribution in [3.05, 3.63) is 89.5 Å². The van der Waals surface area contributed by atoms with Crippen molar-refractivity contribution < 1.29 is 13.2 Å². The summed E-state index contributed by atoms with van der Waals surface area (Å²) in [6, 6.07) is 21.0. The Bertz CT molecular complexity index is 1090. The van der Waals surface area contributed by atoms with E-state index < -0.39 is 10.0 Å². The monoisotopic (exact) mass is 394 g/mol. The van der Waals surface area contributed by atoms with E-state index in [4.69, 9.17) is 0 Å². The molecule has 0 unspecified atom stereocenters. The lowest BCUT2D eigenvalue weighted by molar-refractivity contribution is 0.0993. The number of amides is 1. The molecule has 0 aliphatic rings. The molecule has 0 aliphatic carbocycles. The van der Waals surface area contributed by atoms with E-state index in [9.17, 15) is 13.2 Å². The van der Waals surface area contributed by atoms with Gasteiger partial charge < -0.3 is 4.90 Å². The molecule has 0 saturated heterocycles. The first-order valence-corrected chi connectivity index (χ1v) is 10.3. The van der Waals surface area contributed by atoms with Crippen LogP contribution in [0.2, 0.25) is 0 Å². The number of benzene rings is 3. The molecular formula is C22H22N2O3S. The number of carbonyl (C=O) groups is 1. The topological polar surface area (TPSA) is 66.5 Å². The summed E-state index contributed by atoms with van der Waals surface area (Å²) >= 11 is 0. The highest BCUT2D eigenvalue weighted by Gasteiger charge is 2.18. The van der Waals surface area contributed by atoms with Crippen LogP contribution < -0.4 is 9.62 Å². The summed E-state index contributed by atoms with van der Waals surface area (Å²) in [5, 5.41) is 0. The first-order chi connectivity index (χ1) is 13.3. The Balaban J connectivity index is 1.79. The van der Waals surface area contributed by atoms with Crippen LogP contribution in [0.4, 0.5) is 11.4 Å². The van der Waals surface area contributed by atoms with Crippen molar-refractivity contribution in [3.8, 4) is 0 Å². The third-order valence-corrected chi connectivity index (χ3v) is 5.99. The molecule has 0 radical (unpaired) electrons. The van der Waals surface area contributed by atoms with Gasteiger partial charge in [-0.05, 0) is 67.4 Å². The van der Waals surface area contributed by atoms with Gasteiger partial charge in [0.05, 0.1) is 4.90 Å². The zero-order valence-electron chi connectivity index (χ0n) is 16.0. The van der Waals surface area contributed by atoms with E-state index in [0.29, 0.717) is 16.8 Å². The molecule has 0 heterocycles. The van der Waals surface area contributed by atoms with Crippen molar-refractivity contribution in [1.82, 2.24) is 0 Å². The third kappa shape index (κ3) is 4.23. The van der Waals surface area contributed by atoms with E-state index in [1.165, 1.54) is 0 Å². The van der Waals surface area contributed by atoms with E-state index in [0.717, 1.165) is 11.3 Å². The molecule has 0 saturated carbocycles. The summed E-state index contributed by atoms with van der Waals surface area (Å²) < 4.78 is 28.0. The van der Waals surface area contributed by atoms with Crippen LogP contribution in [-0.2, 0) is 10.0 Å². The van der Waals surface area contributed by atoms with Gasteiger partial charge in [-0.1, -0.05) is 30.3 Å². The van der Waals surface area contributed by atoms with Crippen molar-refractivity contribution in [2.45, 2.75) is 18.7 Å². The number of hydrogen-bond donors (Lipinski definition) is 1. The normalized spacial score (nSPS) is 11.1. The number of hydrogen-bond acceptors (Lipinski definition) is 3. The Morgan fingerprint density at radius 2 is 1.54 bits per heavy atom. The fourth-order valence-electron chi connectivity index (χ4n) is 2.85. The van der Waals surface area contributed by atoms with Crippen molar-refractivity contribution in [3.63, 3.8) is 0 Å². The van der Waals surface area contributed by atoms with E-state index in [2.05, 4.69) is 4.72 Å². The maximum atomic E-state index is 12.7. The van der Waals surface area contributed by atoms with Gasteiger partial charge in [0.1, 0.15) is 0 Å². The summed E-state index contributed by atoms with van der Waals surface area (Å²) in [6.45, 7) is 3.61. The largest absolute Gasteiger partial charge is 0.311 e. The van der Waals surface area contributed by atoms with Gasteiger partial charge in [0.2, 0.25) is 0 Å². The van der Waals surface area contributed by atoms with E-state index >= 15 is 0 Å². The van der Waals surface area contributed by atoms with Gasteiger partial charge in [-0.2, -0.15) is 0 Å². The number of aryl methyl sites for hydroxylation is 2. The van der Waals surface area contributed by atoms with Crippen LogP contribution in [0.15, 0.2) is 77.7 Å². The summed E-state index contributed by atoms with van der Waals surface area (Å²) in [4.78, 5) is 14.4. The van der Waals surface area contributed by atoms with Crippen LogP contribution in [0, 0.1) is 13.8 Å². The fraction of sp³-hybridized carbons (Fsp3) is 0.136. The highest BCUT2D eigenvalue weighted by molar-refractivity contribution is 7.92. The Hall–Kier alpha value is -3.12. The minimum Gasteiger partial charge on any atom is -0.311 e. The molecular weight excluding hydrogens is 372 g/mol. The molecule has 0 atom stereocenters. The Morgan fingerprint density at radius 1 is 0.893 bits per heavy atom. The second kappa shape index (κ2) is 7.86. The highest BCUT2D eigenvalue weighted by Crippen LogP contribution is 2.22. The number of rotatable bonds is 5. The average Bonchev–Trinajstić information content (AvgIpc) is 2.69. The number of para-hydroxylation sites is 1. The summed E-state index contributed by atoms with van der Waals surface area (Å²) in [5.74, 6) is -0.171. The Kier molecular flexibility index (Phi) is 5.51. The maximum Gasteiger partial charge on any atom is 0.262 e. The zero-order valence-corrected chi connectivity index (χ0v) is 16.8. The molecule has 1 amide bonds. The summed E-state index contributed by atoms with van der Waals surface area (Å²) in [7, 11) is -2.00. The van der Waals surface area contributed by atoms with Crippen LogP contribution in [-0.4, -0.2) is 21.4 Å². The lowest BCUT2D eigenvalue weighted by Crippen LogP contribution is -2.26. The van der Waals surface area contributed by atoms with Crippen molar-refractivity contribution in [2.75, 3.05) is 16.7 Å². The van der Waals surface area contributed by atoms with Gasteiger partial charge in [0, 0.05) is 24.0 Å². The molecule has 0 aromatic heterocycles. The molecule has 144 valence electrons. The minimum atomic E-state index is -3.70. The lowest BCUT2D eigenvalue weighted by atomic mass is 10.1. The van der Waals surface area contributed by atoms with Crippen molar-refractivity contribution in [2.24, 2.45) is 0 Å². The predicted molar refractivity (Wildman–Crippen MR) is 112 cm³/mol. The molecule has 3 rings (SSSR count). The smallest absolute Gasteiger partial charge is 0.262 e. The number of nitrogens with one attached hydrogen (secondary N) is 1. The molecule has 0 aliphatic heterocycles. The number of carbonyl (C=O) groups excluding carboxylic acids is 1. The molecule has 0 spiro atoms. The predicted octanol–water partition coefficient (Wildman–Crippen LogP) is 4.38. The average molecular weight is 394 g/mol. The van der Waals surface area contributed by atoms with Crippen LogP contribution in [0.25, 0.3) is 0 Å². The second-order valence-electron chi connectivity index (χ2n) is 6.65. The van der Waals surface area contributed by atoms with Gasteiger partial charge in [0.15, 0.2) is 0 Å². The van der Waals surface area contributed by atoms with Crippen LogP contribution in [0.5, 0.6) is 0 Å². The van der Waals surface area contributed by atoms with Gasteiger partial charge in [-0.3, -0.25) is 9.52 Å². The minimum absolute atomic E-state index is 0.171. The molecule has 6 heteroatoms. The number of anilines is 2. The molecule has 3 aromatic carbocycles. The van der Waals surface area contributed by atoms with E-state index in [-0.39, 0.29) is 10.8 Å². The van der Waals surface area contributed by atoms with Crippen LogP contribution >= 0.6 is 0 Å². The quantitative estimate of drug-likeness (QED) is 0.698. The summed E-state index contributed by atoms with van der Waals surface area (Å²) in [5.41, 5.74) is 3.21. The van der Waals surface area contributed by atoms with Gasteiger partial charge in [0.25, 0.3) is 15.9 Å². The molecule has 28 heavy (non-hydrogen) atoms. The SMILES string of the molecule is Cc1ccc(C)c(S(=O)(=O)Nc2ccc(C(=O)N(C)c3ccccc3)cc2)c1. The third-order valence-electron chi connectivity index (χ3n) is 4.47. The van der Waals surface area contributed by atoms with Crippen molar-refractivity contribution >= 4 is 27.3 Å². The van der Waals surface area contributed by atoms with Crippen LogP contribution in [0.1, 0.15) is 21.5 Å². The van der Waals surface area contributed by atoms with E-state index in [1.807, 2.05) is 43.3 Å². The standard InChI is InChI=1S/C22H22N2O3S/c1-16-9-10-17(2)21(15-16)28(26,27)23-19-13-11-18(12-14-19)22(25)24(3)20-7-5-4-6-8-20/h4-15,23H,1-3H3. The maximum absolute atomic E-state index is 12.7. The lowest BCUT2D eigenvalue weighted by Gasteiger charge is -2.17. The summed E-state index contributed by atoms with van der Waals surface area (Å²) in [6.07, 6.45) is 0. The molecule has 0 bridgehead atoms. The second-order valence-corrected chi connectivity index (χ2v) is 8.30. The molecule has 3 aromatic rings. The number of sulfonamides is 1. The first-order valence-electron chi connectivity index (χ1n) is 8.81. The van der Waals surface area contributed by atoms with Crippen LogP contribution in [0.3, 0.4) is 0 Å². The first kappa shape index (κ1) is 19.6. The molecule has 5 nitrogen and oxygen atoms in total. The van der Waals surface area contributed by atoms with E-state index in [1.54, 1.807) is 55.3 Å². The van der Waals surface area contributed by atoms with Gasteiger partial charge in [-0.15, -0.1) is 0 Å². The fourth-order valence-corrected chi connectivity index (χ4v) is 4.24. The van der Waals surface area contributed by atoms with Crippen molar-refractivity contribution in [1.29, 1.82) is 0 Å². The van der Waals surface area contributed by atoms with Gasteiger partial charge in [-0.25, -0.2) is 8.42 Å². The highest BCUT2D eigenvalue weighted by atomic mass is 32.2. The zero-order chi connectivity index (χ0) is 20.3. The number of nitrogens with zero attached hydrogens (tertiary/aromatic N) is 1. The Labute approximate surface area is 165 Å².